The molecule has 10 heteroatoms. The van der Waals surface area contributed by atoms with Crippen LogP contribution in [-0.2, 0) is 7.05 Å². The molecule has 0 unspecified atom stereocenters. The van der Waals surface area contributed by atoms with E-state index < -0.39 is 5.82 Å². The van der Waals surface area contributed by atoms with Gasteiger partial charge in [-0.05, 0) is 24.6 Å². The topological polar surface area (TPSA) is 96.7 Å². The number of anilines is 3. The molecule has 2 N–H and O–H groups in total. The fraction of sp³-hybridized carbons (Fsp3) is 0.261. The highest BCUT2D eigenvalue weighted by Gasteiger charge is 2.16. The number of piperazine rings is 1. The first kappa shape index (κ1) is 21.0. The van der Waals surface area contributed by atoms with Gasteiger partial charge in [-0.1, -0.05) is 12.6 Å². The maximum atomic E-state index is 14.7. The van der Waals surface area contributed by atoms with Gasteiger partial charge in [-0.25, -0.2) is 24.3 Å². The number of nitrogens with one attached hydrogen (secondary N) is 2. The molecule has 9 nitrogen and oxygen atoms in total. The standard InChI is InChI=1S/C23H24FN9/c1-14(2)22-16-10-15(4-5-18(16)31-32(22)3)21-17(24)11-28-23(30-21)29-19-12-27-20(13-26-19)33-8-6-25-7-9-33/h4-5,10-13,25H,1,6-9H2,2-3H3,(H,26,28,29,30). The lowest BCUT2D eigenvalue weighted by Gasteiger charge is -2.28. The molecule has 0 saturated carbocycles. The minimum atomic E-state index is -0.513. The Labute approximate surface area is 190 Å². The summed E-state index contributed by atoms with van der Waals surface area (Å²) in [7, 11) is 1.87. The number of aryl methyl sites for hydroxylation is 1. The van der Waals surface area contributed by atoms with E-state index >= 15 is 0 Å². The summed E-state index contributed by atoms with van der Waals surface area (Å²) in [6, 6.07) is 5.53. The summed E-state index contributed by atoms with van der Waals surface area (Å²) in [5.41, 5.74) is 3.41. The molecular formula is C23H24FN9. The first-order chi connectivity index (χ1) is 16.0. The maximum absolute atomic E-state index is 14.7. The van der Waals surface area contributed by atoms with Crippen LogP contribution in [0.3, 0.4) is 0 Å². The third kappa shape index (κ3) is 4.12. The Bertz CT molecular complexity index is 1320. The second kappa shape index (κ2) is 8.55. The van der Waals surface area contributed by atoms with E-state index in [2.05, 4.69) is 47.1 Å². The van der Waals surface area contributed by atoms with Crippen molar-refractivity contribution in [1.29, 1.82) is 0 Å². The fourth-order valence-electron chi connectivity index (χ4n) is 4.04. The summed E-state index contributed by atoms with van der Waals surface area (Å²) >= 11 is 0. The van der Waals surface area contributed by atoms with E-state index in [4.69, 9.17) is 0 Å². The molecule has 0 aliphatic carbocycles. The Balaban J connectivity index is 1.42. The van der Waals surface area contributed by atoms with Crippen molar-refractivity contribution in [1.82, 2.24) is 35.0 Å². The van der Waals surface area contributed by atoms with Crippen molar-refractivity contribution in [2.45, 2.75) is 6.92 Å². The van der Waals surface area contributed by atoms with Crippen molar-refractivity contribution < 1.29 is 4.39 Å². The number of hydrogen-bond acceptors (Lipinski definition) is 8. The monoisotopic (exact) mass is 445 g/mol. The van der Waals surface area contributed by atoms with E-state index in [1.807, 2.05) is 26.1 Å². The molecule has 3 aromatic heterocycles. The number of nitrogens with zero attached hydrogens (tertiary/aromatic N) is 7. The molecule has 1 aliphatic rings. The average Bonchev–Trinajstić information content (AvgIpc) is 3.16. The highest BCUT2D eigenvalue weighted by molar-refractivity contribution is 5.92. The number of benzene rings is 1. The third-order valence-electron chi connectivity index (χ3n) is 5.57. The summed E-state index contributed by atoms with van der Waals surface area (Å²) in [6.07, 6.45) is 4.50. The molecule has 0 atom stereocenters. The smallest absolute Gasteiger partial charge is 0.229 e. The molecule has 0 radical (unpaired) electrons. The molecular weight excluding hydrogens is 421 g/mol. The second-order valence-electron chi connectivity index (χ2n) is 8.00. The van der Waals surface area contributed by atoms with Gasteiger partial charge in [0.1, 0.15) is 11.5 Å². The zero-order valence-corrected chi connectivity index (χ0v) is 18.5. The zero-order chi connectivity index (χ0) is 22.9. The lowest BCUT2D eigenvalue weighted by atomic mass is 10.1. The SMILES string of the molecule is C=C(C)c1c2cc(-c3nc(Nc4cnc(N5CCNCC5)cn4)ncc3F)ccc2nn1C. The lowest BCUT2D eigenvalue weighted by molar-refractivity contribution is 0.584. The molecule has 1 aliphatic heterocycles. The minimum absolute atomic E-state index is 0.191. The van der Waals surface area contributed by atoms with Crippen LogP contribution in [-0.4, -0.2) is 55.9 Å². The van der Waals surface area contributed by atoms with Crippen molar-refractivity contribution in [2.24, 2.45) is 7.05 Å². The Morgan fingerprint density at radius 2 is 1.94 bits per heavy atom. The van der Waals surface area contributed by atoms with Crippen molar-refractivity contribution >= 4 is 34.1 Å². The maximum Gasteiger partial charge on any atom is 0.229 e. The Morgan fingerprint density at radius 1 is 1.12 bits per heavy atom. The van der Waals surface area contributed by atoms with Crippen LogP contribution in [0.4, 0.5) is 22.0 Å². The van der Waals surface area contributed by atoms with Gasteiger partial charge >= 0.3 is 0 Å². The number of allylic oxidation sites excluding steroid dienone is 1. The van der Waals surface area contributed by atoms with Gasteiger partial charge in [0.25, 0.3) is 0 Å². The first-order valence-corrected chi connectivity index (χ1v) is 10.7. The molecule has 168 valence electrons. The molecule has 4 heterocycles. The summed E-state index contributed by atoms with van der Waals surface area (Å²) in [4.78, 5) is 19.6. The van der Waals surface area contributed by atoms with E-state index in [0.29, 0.717) is 11.4 Å². The largest absolute Gasteiger partial charge is 0.353 e. The zero-order valence-electron chi connectivity index (χ0n) is 18.5. The summed E-state index contributed by atoms with van der Waals surface area (Å²) < 4.78 is 16.5. The molecule has 33 heavy (non-hydrogen) atoms. The summed E-state index contributed by atoms with van der Waals surface area (Å²) in [6.45, 7) is 9.58. The number of rotatable bonds is 5. The van der Waals surface area contributed by atoms with Gasteiger partial charge in [0.2, 0.25) is 5.95 Å². The Hall–Kier alpha value is -3.92. The number of halogens is 1. The number of hydrogen-bond donors (Lipinski definition) is 2. The van der Waals surface area contributed by atoms with E-state index in [1.165, 1.54) is 0 Å². The first-order valence-electron chi connectivity index (χ1n) is 10.7. The van der Waals surface area contributed by atoms with Gasteiger partial charge in [-0.2, -0.15) is 5.10 Å². The molecule has 5 rings (SSSR count). The van der Waals surface area contributed by atoms with Gasteiger partial charge < -0.3 is 15.5 Å². The van der Waals surface area contributed by atoms with Crippen LogP contribution in [0.25, 0.3) is 27.7 Å². The third-order valence-corrected chi connectivity index (χ3v) is 5.57. The molecule has 0 bridgehead atoms. The van der Waals surface area contributed by atoms with Gasteiger partial charge in [-0.3, -0.25) is 4.68 Å². The molecule has 0 spiro atoms. The summed E-state index contributed by atoms with van der Waals surface area (Å²) in [5.74, 6) is 1.03. The van der Waals surface area contributed by atoms with Gasteiger partial charge in [-0.15, -0.1) is 0 Å². The van der Waals surface area contributed by atoms with Crippen LogP contribution in [0.1, 0.15) is 12.6 Å². The minimum Gasteiger partial charge on any atom is -0.353 e. The Morgan fingerprint density at radius 3 is 2.67 bits per heavy atom. The fourth-order valence-corrected chi connectivity index (χ4v) is 4.04. The van der Waals surface area contributed by atoms with Crippen molar-refractivity contribution in [3.05, 3.63) is 54.9 Å². The molecule has 1 saturated heterocycles. The summed E-state index contributed by atoms with van der Waals surface area (Å²) in [5, 5.41) is 11.7. The van der Waals surface area contributed by atoms with Crippen molar-refractivity contribution in [3.63, 3.8) is 0 Å². The van der Waals surface area contributed by atoms with Gasteiger partial charge in [0, 0.05) is 44.2 Å². The Kier molecular flexibility index (Phi) is 5.43. The van der Waals surface area contributed by atoms with Crippen LogP contribution in [0.15, 0.2) is 43.4 Å². The van der Waals surface area contributed by atoms with Crippen LogP contribution >= 0.6 is 0 Å². The second-order valence-corrected chi connectivity index (χ2v) is 8.00. The molecule has 1 aromatic carbocycles. The van der Waals surface area contributed by atoms with Crippen LogP contribution in [0.5, 0.6) is 0 Å². The van der Waals surface area contributed by atoms with Gasteiger partial charge in [0.05, 0.1) is 29.8 Å². The van der Waals surface area contributed by atoms with E-state index in [9.17, 15) is 4.39 Å². The van der Waals surface area contributed by atoms with E-state index in [0.717, 1.165) is 60.4 Å². The van der Waals surface area contributed by atoms with Crippen molar-refractivity contribution in [2.75, 3.05) is 36.4 Å². The van der Waals surface area contributed by atoms with Crippen LogP contribution in [0.2, 0.25) is 0 Å². The lowest BCUT2D eigenvalue weighted by Crippen LogP contribution is -2.43. The quantitative estimate of drug-likeness (QED) is 0.484. The predicted molar refractivity (Wildman–Crippen MR) is 127 cm³/mol. The number of aromatic nitrogens is 6. The molecule has 1 fully saturated rings. The molecule has 0 amide bonds. The predicted octanol–water partition coefficient (Wildman–Crippen LogP) is 3.15. The van der Waals surface area contributed by atoms with Crippen LogP contribution < -0.4 is 15.5 Å². The van der Waals surface area contributed by atoms with E-state index in [1.54, 1.807) is 23.1 Å². The number of fused-ring (bicyclic) bond motifs is 1. The average molecular weight is 446 g/mol. The van der Waals surface area contributed by atoms with Crippen LogP contribution in [0, 0.1) is 5.82 Å². The normalized spacial score (nSPS) is 14.0. The van der Waals surface area contributed by atoms with Gasteiger partial charge in [0.15, 0.2) is 11.6 Å². The molecule has 4 aromatic rings. The highest BCUT2D eigenvalue weighted by Crippen LogP contribution is 2.29. The highest BCUT2D eigenvalue weighted by atomic mass is 19.1. The van der Waals surface area contributed by atoms with Crippen molar-refractivity contribution in [3.8, 4) is 11.3 Å². The van der Waals surface area contributed by atoms with E-state index in [-0.39, 0.29) is 11.6 Å².